The molecule has 0 fully saturated rings. The lowest BCUT2D eigenvalue weighted by atomic mass is 9.85. The van der Waals surface area contributed by atoms with E-state index in [1.807, 2.05) is 0 Å². The van der Waals surface area contributed by atoms with Gasteiger partial charge in [-0.1, -0.05) is 153 Å². The number of aromatic nitrogens is 1. The lowest BCUT2D eigenvalue weighted by Gasteiger charge is -2.26. The van der Waals surface area contributed by atoms with Crippen molar-refractivity contribution in [2.75, 3.05) is 4.90 Å². The van der Waals surface area contributed by atoms with Gasteiger partial charge in [-0.3, -0.25) is 0 Å². The molecule has 0 radical (unpaired) electrons. The van der Waals surface area contributed by atoms with Crippen LogP contribution in [0.15, 0.2) is 218 Å². The Morgan fingerprint density at radius 1 is 0.323 bits per heavy atom. The molecule has 0 unspecified atom stereocenters. The Morgan fingerprint density at radius 3 is 1.29 bits per heavy atom. The first-order chi connectivity index (χ1) is 30.7. The lowest BCUT2D eigenvalue weighted by Crippen LogP contribution is -2.10. The first kappa shape index (κ1) is 37.3. The second-order valence-corrected chi connectivity index (χ2v) is 16.3. The number of benzene rings is 10. The van der Waals surface area contributed by atoms with Crippen LogP contribution in [0.25, 0.3) is 82.4 Å². The molecule has 0 saturated carbocycles. The Morgan fingerprint density at radius 2 is 0.758 bits per heavy atom. The molecule has 0 aliphatic rings. The van der Waals surface area contributed by atoms with Gasteiger partial charge in [0.05, 0.1) is 11.0 Å². The quantitative estimate of drug-likeness (QED) is 0.132. The molecule has 0 aliphatic heterocycles. The van der Waals surface area contributed by atoms with E-state index in [1.54, 1.807) is 0 Å². The van der Waals surface area contributed by atoms with Gasteiger partial charge in [0.2, 0.25) is 0 Å². The number of fused-ring (bicyclic) bond motifs is 5. The molecule has 1 aromatic heterocycles. The fourth-order valence-electron chi connectivity index (χ4n) is 9.60. The van der Waals surface area contributed by atoms with Crippen molar-refractivity contribution >= 4 is 60.4 Å². The van der Waals surface area contributed by atoms with Crippen molar-refractivity contribution in [3.63, 3.8) is 0 Å². The average Bonchev–Trinajstić information content (AvgIpc) is 3.67. The smallest absolute Gasteiger partial charge is 0.0541 e. The number of aryl methyl sites for hydroxylation is 2. The van der Waals surface area contributed by atoms with Crippen molar-refractivity contribution in [3.8, 4) is 39.1 Å². The molecule has 0 amide bonds. The number of rotatable bonds is 9. The van der Waals surface area contributed by atoms with Crippen molar-refractivity contribution in [1.29, 1.82) is 0 Å². The van der Waals surface area contributed by atoms with E-state index in [-0.39, 0.29) is 0 Å². The number of hydrogen-bond donors (Lipinski definition) is 0. The summed E-state index contributed by atoms with van der Waals surface area (Å²) in [5.41, 5.74) is 17.0. The van der Waals surface area contributed by atoms with Gasteiger partial charge in [0.1, 0.15) is 0 Å². The first-order valence-corrected chi connectivity index (χ1v) is 21.9. The summed E-state index contributed by atoms with van der Waals surface area (Å²) in [6, 6.07) is 80.3. The van der Waals surface area contributed by atoms with Crippen LogP contribution in [0, 0.1) is 0 Å². The Hall–Kier alpha value is -7.68. The van der Waals surface area contributed by atoms with E-state index < -0.39 is 0 Å². The highest BCUT2D eigenvalue weighted by Gasteiger charge is 2.19. The molecule has 0 N–H and O–H groups in total. The maximum absolute atomic E-state index is 2.42. The Kier molecular flexibility index (Phi) is 9.47. The summed E-state index contributed by atoms with van der Waals surface area (Å²) in [6.45, 7) is 4.47. The molecule has 2 heteroatoms. The van der Waals surface area contributed by atoms with Gasteiger partial charge in [-0.25, -0.2) is 0 Å². The van der Waals surface area contributed by atoms with E-state index in [0.717, 1.165) is 35.6 Å². The SMILES string of the molecule is CCc1ccc2c(c1)c1cc(CC)ccc1n2-c1ccc(N(c2ccccc2)c2ccc(-c3ccc4c(-c5ccccc5)c5ccccc5c(-c5ccccc5)c4c3)cc2)cc1. The second kappa shape index (κ2) is 15.7. The van der Waals surface area contributed by atoms with Gasteiger partial charge in [0, 0.05) is 33.5 Å². The molecule has 0 saturated heterocycles. The normalized spacial score (nSPS) is 11.5. The van der Waals surface area contributed by atoms with Crippen LogP contribution in [0.3, 0.4) is 0 Å². The lowest BCUT2D eigenvalue weighted by molar-refractivity contribution is 1.13. The monoisotopic (exact) mass is 794 g/mol. The molecule has 10 aromatic carbocycles. The van der Waals surface area contributed by atoms with E-state index in [4.69, 9.17) is 0 Å². The standard InChI is InChI=1S/C60H46N2/c1-3-41-24-36-57-54(38-41)55-39-42(4-2)25-37-58(55)62(57)50-33-31-49(32-34-50)61(47-20-12-7-13-21-47)48-29-26-43(27-30-48)46-28-35-53-56(40-46)60(45-18-10-6-11-19-45)52-23-15-14-22-51(52)59(53)44-16-8-5-9-17-44/h5-40H,3-4H2,1-2H3. The molecule has 62 heavy (non-hydrogen) atoms. The van der Waals surface area contributed by atoms with E-state index in [0.29, 0.717) is 0 Å². The minimum atomic E-state index is 1.02. The minimum absolute atomic E-state index is 1.02. The van der Waals surface area contributed by atoms with Crippen molar-refractivity contribution in [1.82, 2.24) is 4.57 Å². The van der Waals surface area contributed by atoms with Crippen LogP contribution >= 0.6 is 0 Å². The van der Waals surface area contributed by atoms with Gasteiger partial charge in [-0.2, -0.15) is 0 Å². The van der Waals surface area contributed by atoms with Gasteiger partial charge in [-0.05, 0) is 158 Å². The zero-order valence-electron chi connectivity index (χ0n) is 35.1. The van der Waals surface area contributed by atoms with Crippen LogP contribution in [-0.4, -0.2) is 4.57 Å². The largest absolute Gasteiger partial charge is 0.311 e. The summed E-state index contributed by atoms with van der Waals surface area (Å²) in [6.07, 6.45) is 2.04. The van der Waals surface area contributed by atoms with Crippen molar-refractivity contribution in [3.05, 3.63) is 230 Å². The summed E-state index contributed by atoms with van der Waals surface area (Å²) in [7, 11) is 0. The predicted octanol–water partition coefficient (Wildman–Crippen LogP) is 16.7. The molecule has 0 bridgehead atoms. The number of anilines is 3. The zero-order valence-corrected chi connectivity index (χ0v) is 35.1. The predicted molar refractivity (Wildman–Crippen MR) is 266 cm³/mol. The fraction of sp³-hybridized carbons (Fsp3) is 0.0667. The first-order valence-electron chi connectivity index (χ1n) is 21.9. The third-order valence-corrected chi connectivity index (χ3v) is 12.7. The zero-order chi connectivity index (χ0) is 41.6. The van der Waals surface area contributed by atoms with E-state index in [9.17, 15) is 0 Å². The minimum Gasteiger partial charge on any atom is -0.311 e. The number of para-hydroxylation sites is 1. The van der Waals surface area contributed by atoms with Crippen LogP contribution in [0.1, 0.15) is 25.0 Å². The highest BCUT2D eigenvalue weighted by Crippen LogP contribution is 2.45. The van der Waals surface area contributed by atoms with Gasteiger partial charge < -0.3 is 9.47 Å². The summed E-state index contributed by atoms with van der Waals surface area (Å²) in [5.74, 6) is 0. The number of hydrogen-bond acceptors (Lipinski definition) is 1. The highest BCUT2D eigenvalue weighted by molar-refractivity contribution is 6.22. The van der Waals surface area contributed by atoms with Crippen molar-refractivity contribution in [2.24, 2.45) is 0 Å². The van der Waals surface area contributed by atoms with Crippen LogP contribution in [-0.2, 0) is 12.8 Å². The summed E-state index contributed by atoms with van der Waals surface area (Å²) >= 11 is 0. The molecule has 0 aliphatic carbocycles. The van der Waals surface area contributed by atoms with Crippen LogP contribution in [0.2, 0.25) is 0 Å². The molecule has 11 rings (SSSR count). The molecule has 2 nitrogen and oxygen atoms in total. The average molecular weight is 795 g/mol. The summed E-state index contributed by atoms with van der Waals surface area (Å²) in [5, 5.41) is 7.67. The summed E-state index contributed by atoms with van der Waals surface area (Å²) < 4.78 is 2.42. The van der Waals surface area contributed by atoms with Crippen LogP contribution < -0.4 is 4.90 Å². The maximum atomic E-state index is 2.42. The molecular formula is C60H46N2. The third-order valence-electron chi connectivity index (χ3n) is 12.7. The molecular weight excluding hydrogens is 749 g/mol. The Bertz CT molecular complexity index is 3320. The van der Waals surface area contributed by atoms with E-state index >= 15 is 0 Å². The van der Waals surface area contributed by atoms with Crippen LogP contribution in [0.4, 0.5) is 17.1 Å². The Labute approximate surface area is 363 Å². The fourth-order valence-corrected chi connectivity index (χ4v) is 9.60. The highest BCUT2D eigenvalue weighted by atomic mass is 15.1. The summed E-state index contributed by atoms with van der Waals surface area (Å²) in [4.78, 5) is 2.35. The molecule has 0 atom stereocenters. The molecule has 296 valence electrons. The van der Waals surface area contributed by atoms with Crippen molar-refractivity contribution in [2.45, 2.75) is 26.7 Å². The van der Waals surface area contributed by atoms with Gasteiger partial charge in [-0.15, -0.1) is 0 Å². The maximum Gasteiger partial charge on any atom is 0.0541 e. The van der Waals surface area contributed by atoms with Gasteiger partial charge in [0.25, 0.3) is 0 Å². The Balaban J connectivity index is 1.01. The van der Waals surface area contributed by atoms with Gasteiger partial charge in [0.15, 0.2) is 0 Å². The van der Waals surface area contributed by atoms with Crippen molar-refractivity contribution < 1.29 is 0 Å². The number of nitrogens with zero attached hydrogens (tertiary/aromatic N) is 2. The molecule has 1 heterocycles. The molecule has 0 spiro atoms. The van der Waals surface area contributed by atoms with Gasteiger partial charge >= 0.3 is 0 Å². The van der Waals surface area contributed by atoms with E-state index in [2.05, 4.69) is 242 Å². The second-order valence-electron chi connectivity index (χ2n) is 16.3. The van der Waals surface area contributed by atoms with E-state index in [1.165, 1.54) is 87.9 Å². The third kappa shape index (κ3) is 6.44. The topological polar surface area (TPSA) is 8.17 Å². The van der Waals surface area contributed by atoms with Crippen LogP contribution in [0.5, 0.6) is 0 Å². The molecule has 11 aromatic rings.